The third-order valence-electron chi connectivity index (χ3n) is 2.00. The number of hydrogen-bond donors (Lipinski definition) is 0. The van der Waals surface area contributed by atoms with E-state index >= 15 is 0 Å². The van der Waals surface area contributed by atoms with Crippen molar-refractivity contribution in [3.05, 3.63) is 48.2 Å². The Morgan fingerprint density at radius 1 is 1.14 bits per heavy atom. The predicted octanol–water partition coefficient (Wildman–Crippen LogP) is 3.64. The number of alkyl halides is 1. The van der Waals surface area contributed by atoms with Gasteiger partial charge in [0.25, 0.3) is 0 Å². The summed E-state index contributed by atoms with van der Waals surface area (Å²) >= 11 is 3.34. The quantitative estimate of drug-likeness (QED) is 0.739. The van der Waals surface area contributed by atoms with Gasteiger partial charge in [0.15, 0.2) is 0 Å². The monoisotopic (exact) mass is 247 g/mol. The summed E-state index contributed by atoms with van der Waals surface area (Å²) in [7, 11) is 0. The zero-order chi connectivity index (χ0) is 9.80. The van der Waals surface area contributed by atoms with Crippen molar-refractivity contribution in [2.45, 2.75) is 0 Å². The molecule has 0 spiro atoms. The van der Waals surface area contributed by atoms with Gasteiger partial charge in [-0.25, -0.2) is 4.98 Å². The average molecular weight is 248 g/mol. The Hall–Kier alpha value is -1.15. The van der Waals surface area contributed by atoms with Gasteiger partial charge in [0.1, 0.15) is 0 Å². The first-order valence-corrected chi connectivity index (χ1v) is 5.60. The molecule has 0 N–H and O–H groups in total. The van der Waals surface area contributed by atoms with Crippen molar-refractivity contribution in [1.29, 1.82) is 0 Å². The van der Waals surface area contributed by atoms with Crippen molar-refractivity contribution in [2.24, 2.45) is 0 Å². The minimum Gasteiger partial charge on any atom is -0.248 e. The van der Waals surface area contributed by atoms with E-state index in [1.54, 1.807) is 0 Å². The fraction of sp³-hybridized carbons (Fsp3) is 0.0833. The second kappa shape index (κ2) is 4.38. The van der Waals surface area contributed by atoms with Gasteiger partial charge >= 0.3 is 0 Å². The van der Waals surface area contributed by atoms with E-state index in [4.69, 9.17) is 0 Å². The van der Waals surface area contributed by atoms with E-state index in [0.717, 1.165) is 16.5 Å². The van der Waals surface area contributed by atoms with E-state index in [1.807, 2.05) is 36.4 Å². The van der Waals surface area contributed by atoms with Gasteiger partial charge in [0.05, 0.1) is 11.2 Å². The van der Waals surface area contributed by atoms with Crippen LogP contribution in [-0.2, 0) is 0 Å². The second-order valence-corrected chi connectivity index (χ2v) is 3.63. The van der Waals surface area contributed by atoms with Crippen LogP contribution in [0.3, 0.4) is 0 Å². The van der Waals surface area contributed by atoms with Crippen LogP contribution in [0.25, 0.3) is 17.0 Å². The highest BCUT2D eigenvalue weighted by atomic mass is 79.9. The normalized spacial score (nSPS) is 11.2. The fourth-order valence-electron chi connectivity index (χ4n) is 1.34. The highest BCUT2D eigenvalue weighted by Crippen LogP contribution is 2.12. The van der Waals surface area contributed by atoms with Crippen molar-refractivity contribution in [1.82, 2.24) is 4.98 Å². The third kappa shape index (κ3) is 2.02. The summed E-state index contributed by atoms with van der Waals surface area (Å²) in [5.74, 6) is 0. The van der Waals surface area contributed by atoms with E-state index in [9.17, 15) is 0 Å². The zero-order valence-corrected chi connectivity index (χ0v) is 9.24. The molecule has 1 aromatic carbocycles. The Balaban J connectivity index is 2.46. The summed E-state index contributed by atoms with van der Waals surface area (Å²) in [5, 5.41) is 2.05. The molecule has 0 atom stereocenters. The molecule has 0 bridgehead atoms. The molecule has 0 saturated heterocycles. The molecule has 0 radical (unpaired) electrons. The SMILES string of the molecule is BrCC=Cc1ccc2ccccc2n1. The van der Waals surface area contributed by atoms with Gasteiger partial charge in [0, 0.05) is 10.7 Å². The van der Waals surface area contributed by atoms with Crippen LogP contribution >= 0.6 is 15.9 Å². The molecule has 0 aliphatic rings. The largest absolute Gasteiger partial charge is 0.248 e. The summed E-state index contributed by atoms with van der Waals surface area (Å²) < 4.78 is 0. The Labute approximate surface area is 91.6 Å². The molecule has 2 rings (SSSR count). The van der Waals surface area contributed by atoms with Crippen molar-refractivity contribution in [2.75, 3.05) is 5.33 Å². The van der Waals surface area contributed by atoms with Crippen molar-refractivity contribution < 1.29 is 0 Å². The van der Waals surface area contributed by atoms with Gasteiger partial charge in [-0.2, -0.15) is 0 Å². The summed E-state index contributed by atoms with van der Waals surface area (Å²) in [6.45, 7) is 0. The van der Waals surface area contributed by atoms with Crippen LogP contribution in [0, 0.1) is 0 Å². The summed E-state index contributed by atoms with van der Waals surface area (Å²) in [6, 6.07) is 12.3. The number of nitrogens with zero attached hydrogens (tertiary/aromatic N) is 1. The molecule has 2 heteroatoms. The molecular formula is C12H10BrN. The summed E-state index contributed by atoms with van der Waals surface area (Å²) in [6.07, 6.45) is 4.05. The molecule has 0 saturated carbocycles. The summed E-state index contributed by atoms with van der Waals surface area (Å²) in [5.41, 5.74) is 2.05. The van der Waals surface area contributed by atoms with Crippen LogP contribution in [-0.4, -0.2) is 10.3 Å². The highest BCUT2D eigenvalue weighted by Gasteiger charge is 1.93. The first-order valence-electron chi connectivity index (χ1n) is 4.48. The van der Waals surface area contributed by atoms with E-state index in [2.05, 4.69) is 33.0 Å². The Morgan fingerprint density at radius 2 is 2.00 bits per heavy atom. The third-order valence-corrected chi connectivity index (χ3v) is 2.37. The minimum atomic E-state index is 0.863. The van der Waals surface area contributed by atoms with Gasteiger partial charge in [0.2, 0.25) is 0 Å². The molecule has 0 aliphatic heterocycles. The lowest BCUT2D eigenvalue weighted by Gasteiger charge is -1.97. The van der Waals surface area contributed by atoms with Crippen molar-refractivity contribution >= 4 is 32.9 Å². The average Bonchev–Trinajstić information content (AvgIpc) is 2.26. The topological polar surface area (TPSA) is 12.9 Å². The second-order valence-electron chi connectivity index (χ2n) is 2.99. The standard InChI is InChI=1S/C12H10BrN/c13-9-3-5-11-8-7-10-4-1-2-6-12(10)14-11/h1-8H,9H2. The molecule has 0 amide bonds. The molecule has 0 aliphatic carbocycles. The van der Waals surface area contributed by atoms with Crippen LogP contribution in [0.4, 0.5) is 0 Å². The number of aromatic nitrogens is 1. The Morgan fingerprint density at radius 3 is 2.86 bits per heavy atom. The number of benzene rings is 1. The maximum Gasteiger partial charge on any atom is 0.0709 e. The number of rotatable bonds is 2. The van der Waals surface area contributed by atoms with Crippen LogP contribution in [0.5, 0.6) is 0 Å². The molecule has 0 unspecified atom stereocenters. The van der Waals surface area contributed by atoms with Crippen LogP contribution in [0.2, 0.25) is 0 Å². The van der Waals surface area contributed by atoms with Crippen LogP contribution < -0.4 is 0 Å². The van der Waals surface area contributed by atoms with Gasteiger partial charge < -0.3 is 0 Å². The number of para-hydroxylation sites is 1. The highest BCUT2D eigenvalue weighted by molar-refractivity contribution is 9.09. The lowest BCUT2D eigenvalue weighted by molar-refractivity contribution is 1.37. The van der Waals surface area contributed by atoms with E-state index in [-0.39, 0.29) is 0 Å². The number of allylic oxidation sites excluding steroid dienone is 1. The predicted molar refractivity (Wildman–Crippen MR) is 64.6 cm³/mol. The molecular weight excluding hydrogens is 238 g/mol. The van der Waals surface area contributed by atoms with Crippen LogP contribution in [0.1, 0.15) is 5.69 Å². The maximum atomic E-state index is 4.51. The van der Waals surface area contributed by atoms with Gasteiger partial charge in [-0.05, 0) is 18.2 Å². The maximum absolute atomic E-state index is 4.51. The molecule has 0 fully saturated rings. The first-order chi connectivity index (χ1) is 6.90. The molecule has 14 heavy (non-hydrogen) atoms. The Bertz CT molecular complexity index is 463. The number of pyridine rings is 1. The first kappa shape index (κ1) is 9.41. The minimum absolute atomic E-state index is 0.863. The van der Waals surface area contributed by atoms with Crippen molar-refractivity contribution in [3.63, 3.8) is 0 Å². The summed E-state index contributed by atoms with van der Waals surface area (Å²) in [4.78, 5) is 4.51. The van der Waals surface area contributed by atoms with Gasteiger partial charge in [-0.1, -0.05) is 46.3 Å². The fourth-order valence-corrected chi connectivity index (χ4v) is 1.53. The Kier molecular flexibility index (Phi) is 2.94. The number of hydrogen-bond acceptors (Lipinski definition) is 1. The number of fused-ring (bicyclic) bond motifs is 1. The van der Waals surface area contributed by atoms with E-state index in [1.165, 1.54) is 5.39 Å². The smallest absolute Gasteiger partial charge is 0.0709 e. The molecule has 1 aromatic heterocycles. The number of halogens is 1. The van der Waals surface area contributed by atoms with Crippen LogP contribution in [0.15, 0.2) is 42.5 Å². The van der Waals surface area contributed by atoms with E-state index < -0.39 is 0 Å². The molecule has 2 aromatic rings. The molecule has 1 nitrogen and oxygen atoms in total. The van der Waals surface area contributed by atoms with Crippen molar-refractivity contribution in [3.8, 4) is 0 Å². The zero-order valence-electron chi connectivity index (χ0n) is 7.65. The molecule has 70 valence electrons. The van der Waals surface area contributed by atoms with Gasteiger partial charge in [-0.15, -0.1) is 0 Å². The van der Waals surface area contributed by atoms with Gasteiger partial charge in [-0.3, -0.25) is 0 Å². The molecule has 1 heterocycles. The van der Waals surface area contributed by atoms with E-state index in [0.29, 0.717) is 0 Å². The lowest BCUT2D eigenvalue weighted by atomic mass is 10.2. The lowest BCUT2D eigenvalue weighted by Crippen LogP contribution is -1.82.